The number of nitrogens with zero attached hydrogens (tertiary/aromatic N) is 4. The van der Waals surface area contributed by atoms with Crippen molar-refractivity contribution in [3.63, 3.8) is 0 Å². The molecule has 1 fully saturated rings. The molecule has 0 saturated carbocycles. The van der Waals surface area contributed by atoms with Gasteiger partial charge in [-0.2, -0.15) is 18.3 Å². The van der Waals surface area contributed by atoms with Gasteiger partial charge in [-0.3, -0.25) is 19.4 Å². The zero-order chi connectivity index (χ0) is 31.6. The van der Waals surface area contributed by atoms with E-state index in [9.17, 15) is 36.3 Å². The zero-order valence-corrected chi connectivity index (χ0v) is 23.5. The number of piperidine rings is 1. The van der Waals surface area contributed by atoms with Gasteiger partial charge in [-0.1, -0.05) is 12.1 Å². The number of halogens is 5. The van der Waals surface area contributed by atoms with E-state index in [0.29, 0.717) is 16.6 Å². The molecule has 2 aromatic rings. The molecular weight excluding hydrogens is 579 g/mol. The molecule has 0 spiro atoms. The minimum absolute atomic E-state index is 0.00318. The molecule has 0 radical (unpaired) electrons. The number of carbonyl (C=O) groups excluding carboxylic acids is 3. The Bertz CT molecular complexity index is 1400. The van der Waals surface area contributed by atoms with Crippen molar-refractivity contribution in [3.05, 3.63) is 65.5 Å². The first-order valence-corrected chi connectivity index (χ1v) is 13.3. The maximum Gasteiger partial charge on any atom is 0.408 e. The van der Waals surface area contributed by atoms with Crippen LogP contribution in [0.4, 0.5) is 22.0 Å². The molecule has 3 N–H and O–H groups in total. The summed E-state index contributed by atoms with van der Waals surface area (Å²) in [5, 5.41) is 6.91. The lowest BCUT2D eigenvalue weighted by Gasteiger charge is -2.41. The van der Waals surface area contributed by atoms with Crippen LogP contribution in [0.25, 0.3) is 0 Å². The number of alkyl halides is 3. The van der Waals surface area contributed by atoms with E-state index in [1.807, 2.05) is 0 Å². The molecule has 2 atom stereocenters. The van der Waals surface area contributed by atoms with Gasteiger partial charge in [0.05, 0.1) is 24.5 Å². The largest absolute Gasteiger partial charge is 0.408 e. The van der Waals surface area contributed by atoms with E-state index in [0.717, 1.165) is 6.07 Å². The monoisotopic (exact) mass is 610 g/mol. The summed E-state index contributed by atoms with van der Waals surface area (Å²) in [5.74, 6) is -3.95. The molecule has 2 aliphatic rings. The Morgan fingerprint density at radius 1 is 1.21 bits per heavy atom. The van der Waals surface area contributed by atoms with Crippen molar-refractivity contribution in [2.24, 2.45) is 16.3 Å². The van der Waals surface area contributed by atoms with Crippen molar-refractivity contribution in [1.29, 1.82) is 0 Å². The summed E-state index contributed by atoms with van der Waals surface area (Å²) < 4.78 is 72.8. The third-order valence-corrected chi connectivity index (χ3v) is 7.13. The van der Waals surface area contributed by atoms with Gasteiger partial charge in [0.15, 0.2) is 0 Å². The molecule has 2 aliphatic heterocycles. The molecule has 3 heterocycles. The van der Waals surface area contributed by atoms with E-state index in [1.165, 1.54) is 37.2 Å². The summed E-state index contributed by atoms with van der Waals surface area (Å²) in [4.78, 5) is 45.4. The molecule has 1 saturated heterocycles. The lowest BCUT2D eigenvalue weighted by atomic mass is 9.73. The van der Waals surface area contributed by atoms with Crippen LogP contribution < -0.4 is 11.1 Å². The van der Waals surface area contributed by atoms with E-state index >= 15 is 0 Å². The van der Waals surface area contributed by atoms with Crippen molar-refractivity contribution < 1.29 is 41.1 Å². The minimum atomic E-state index is -4.70. The zero-order valence-electron chi connectivity index (χ0n) is 23.5. The number of fused-ring (bicyclic) bond motifs is 1. The van der Waals surface area contributed by atoms with Crippen LogP contribution in [0, 0.1) is 17.0 Å². The lowest BCUT2D eigenvalue weighted by Crippen LogP contribution is -2.61. The second-order valence-electron chi connectivity index (χ2n) is 11.2. The smallest absolute Gasteiger partial charge is 0.374 e. The fourth-order valence-electron chi connectivity index (χ4n) is 4.97. The summed E-state index contributed by atoms with van der Waals surface area (Å²) in [7, 11) is 0. The number of pyridine rings is 1. The van der Waals surface area contributed by atoms with E-state index < -0.39 is 65.7 Å². The van der Waals surface area contributed by atoms with E-state index in [4.69, 9.17) is 10.5 Å². The molecule has 43 heavy (non-hydrogen) atoms. The molecule has 0 unspecified atom stereocenters. The second-order valence-corrected chi connectivity index (χ2v) is 11.2. The molecule has 0 bridgehead atoms. The molecule has 0 aliphatic carbocycles. The summed E-state index contributed by atoms with van der Waals surface area (Å²) >= 11 is 0. The Morgan fingerprint density at radius 2 is 1.95 bits per heavy atom. The van der Waals surface area contributed by atoms with Crippen LogP contribution in [0.2, 0.25) is 0 Å². The first-order valence-electron chi connectivity index (χ1n) is 13.3. The number of amides is 3. The number of likely N-dealkylation sites (tertiary alicyclic amines) is 1. The number of hydrogen-bond donors (Lipinski definition) is 2. The van der Waals surface area contributed by atoms with Gasteiger partial charge in [0.1, 0.15) is 29.6 Å². The number of benzene rings is 1. The standard InChI is InChI=1S/C28H31F5N6O4/c1-26(2,34)24(41)36-21(14-43-13-18-5-6-19(29)10-20(18)30)23(40)38-9-7-22-27(15-38,11-17-4-3-8-35-12-17)25(42)39(37-22)16-28(31,32)33/h3-6,8,10,12,21H,7,9,11,13-16,34H2,1-2H3,(H,36,41)/t21-,27-/m1/s1. The van der Waals surface area contributed by atoms with Crippen LogP contribution in [-0.2, 0) is 32.1 Å². The topological polar surface area (TPSA) is 130 Å². The van der Waals surface area contributed by atoms with Gasteiger partial charge < -0.3 is 20.7 Å². The SMILES string of the molecule is CC(C)(N)C(=O)N[C@H](COCc1ccc(F)cc1F)C(=O)N1CCC2=NN(CC(F)(F)F)C(=O)[C@]2(Cc2cccnc2)C1. The highest BCUT2D eigenvalue weighted by Gasteiger charge is 2.56. The van der Waals surface area contributed by atoms with E-state index in [-0.39, 0.29) is 43.8 Å². The number of hydrazone groups is 1. The Balaban J connectivity index is 1.59. The Labute approximate surface area is 244 Å². The molecule has 1 aromatic carbocycles. The van der Waals surface area contributed by atoms with Crippen LogP contribution in [0.5, 0.6) is 0 Å². The molecule has 232 valence electrons. The highest BCUT2D eigenvalue weighted by atomic mass is 19.4. The molecule has 1 aromatic heterocycles. The van der Waals surface area contributed by atoms with Crippen LogP contribution in [-0.4, -0.2) is 82.3 Å². The van der Waals surface area contributed by atoms with Crippen LogP contribution in [0.15, 0.2) is 47.8 Å². The summed E-state index contributed by atoms with van der Waals surface area (Å²) in [6.45, 7) is 0.108. The molecule has 10 nitrogen and oxygen atoms in total. The number of nitrogens with one attached hydrogen (secondary N) is 1. The molecule has 4 rings (SSSR count). The minimum Gasteiger partial charge on any atom is -0.374 e. The Kier molecular flexibility index (Phi) is 9.16. The number of hydrogen-bond acceptors (Lipinski definition) is 7. The number of aromatic nitrogens is 1. The normalized spacial score (nSPS) is 19.6. The fraction of sp³-hybridized carbons (Fsp3) is 0.464. The average molecular weight is 611 g/mol. The van der Waals surface area contributed by atoms with Crippen LogP contribution in [0.1, 0.15) is 31.4 Å². The third kappa shape index (κ3) is 7.51. The highest BCUT2D eigenvalue weighted by Crippen LogP contribution is 2.39. The molecule has 15 heteroatoms. The number of nitrogens with two attached hydrogens (primary N) is 1. The second kappa shape index (κ2) is 12.3. The molecule has 3 amide bonds. The predicted octanol–water partition coefficient (Wildman–Crippen LogP) is 2.32. The van der Waals surface area contributed by atoms with Gasteiger partial charge >= 0.3 is 6.18 Å². The van der Waals surface area contributed by atoms with E-state index in [2.05, 4.69) is 15.4 Å². The summed E-state index contributed by atoms with van der Waals surface area (Å²) in [6.07, 6.45) is -1.80. The van der Waals surface area contributed by atoms with Gasteiger partial charge in [-0.15, -0.1) is 0 Å². The maximum absolute atomic E-state index is 14.1. The average Bonchev–Trinajstić information content (AvgIpc) is 3.17. The van der Waals surface area contributed by atoms with Gasteiger partial charge in [0, 0.05) is 43.5 Å². The number of ether oxygens (including phenoxy) is 1. The first-order chi connectivity index (χ1) is 20.1. The van der Waals surface area contributed by atoms with Crippen molar-refractivity contribution in [3.8, 4) is 0 Å². The Morgan fingerprint density at radius 3 is 2.58 bits per heavy atom. The number of rotatable bonds is 10. The van der Waals surface area contributed by atoms with Crippen LogP contribution in [0.3, 0.4) is 0 Å². The Hall–Kier alpha value is -3.98. The van der Waals surface area contributed by atoms with Gasteiger partial charge in [0.2, 0.25) is 11.8 Å². The predicted molar refractivity (Wildman–Crippen MR) is 143 cm³/mol. The summed E-state index contributed by atoms with van der Waals surface area (Å²) in [5.41, 5.74) is 3.67. The first kappa shape index (κ1) is 31.9. The van der Waals surface area contributed by atoms with Gasteiger partial charge in [0.25, 0.3) is 5.91 Å². The third-order valence-electron chi connectivity index (χ3n) is 7.13. The maximum atomic E-state index is 14.1. The fourth-order valence-corrected chi connectivity index (χ4v) is 4.97. The van der Waals surface area contributed by atoms with E-state index in [1.54, 1.807) is 12.1 Å². The lowest BCUT2D eigenvalue weighted by molar-refractivity contribution is -0.164. The van der Waals surface area contributed by atoms with Crippen molar-refractivity contribution in [2.45, 2.75) is 51.1 Å². The quantitative estimate of drug-likeness (QED) is 0.398. The van der Waals surface area contributed by atoms with Gasteiger partial charge in [-0.25, -0.2) is 13.8 Å². The van der Waals surface area contributed by atoms with Crippen molar-refractivity contribution >= 4 is 23.4 Å². The van der Waals surface area contributed by atoms with Gasteiger partial charge in [-0.05, 0) is 38.0 Å². The van der Waals surface area contributed by atoms with Crippen molar-refractivity contribution in [2.75, 3.05) is 26.2 Å². The van der Waals surface area contributed by atoms with Crippen molar-refractivity contribution in [1.82, 2.24) is 20.2 Å². The number of carbonyl (C=O) groups is 3. The highest BCUT2D eigenvalue weighted by molar-refractivity contribution is 6.14. The van der Waals surface area contributed by atoms with Crippen LogP contribution >= 0.6 is 0 Å². The summed E-state index contributed by atoms with van der Waals surface area (Å²) in [6, 6.07) is 4.82. The molecular formula is C28H31F5N6O4.